The van der Waals surface area contributed by atoms with Gasteiger partial charge >= 0.3 is 0 Å². The van der Waals surface area contributed by atoms with Crippen molar-refractivity contribution in [3.63, 3.8) is 0 Å². The van der Waals surface area contributed by atoms with Gasteiger partial charge in [0.1, 0.15) is 11.3 Å². The second-order valence-electron chi connectivity index (χ2n) is 6.88. The number of para-hydroxylation sites is 1. The number of aryl methyl sites for hydroxylation is 1. The Kier molecular flexibility index (Phi) is 5.16. The second-order valence-corrected chi connectivity index (χ2v) is 7.25. The van der Waals surface area contributed by atoms with Crippen LogP contribution in [0.3, 0.4) is 0 Å². The van der Waals surface area contributed by atoms with E-state index in [1.807, 2.05) is 25.1 Å². The number of hydrogen-bond donors (Lipinski definition) is 1. The number of carbonyl (C=O) groups excluding carboxylic acids is 2. The fourth-order valence-corrected chi connectivity index (χ4v) is 3.57. The number of anilines is 2. The largest absolute Gasteiger partial charge is 0.508 e. The van der Waals surface area contributed by atoms with E-state index in [0.29, 0.717) is 16.9 Å². The average Bonchev–Trinajstić information content (AvgIpc) is 2.75. The molecule has 5 nitrogen and oxygen atoms in total. The Morgan fingerprint density at radius 3 is 1.87 bits per heavy atom. The maximum Gasteiger partial charge on any atom is 0.270 e. The minimum Gasteiger partial charge on any atom is -0.508 e. The lowest BCUT2D eigenvalue weighted by Gasteiger charge is -2.36. The van der Waals surface area contributed by atoms with Crippen LogP contribution in [0, 0.1) is 6.92 Å². The minimum atomic E-state index is -0.493. The van der Waals surface area contributed by atoms with E-state index in [9.17, 15) is 14.7 Å². The predicted octanol–water partition coefficient (Wildman–Crippen LogP) is 4.45. The summed E-state index contributed by atoms with van der Waals surface area (Å²) in [5.74, 6) is -0.881. The van der Waals surface area contributed by atoms with E-state index < -0.39 is 11.8 Å². The Labute approximate surface area is 179 Å². The molecule has 0 aromatic heterocycles. The summed E-state index contributed by atoms with van der Waals surface area (Å²) >= 11 is 5.58. The average molecular weight is 414 g/mol. The maximum absolute atomic E-state index is 13.4. The first-order chi connectivity index (χ1) is 14.5. The SMILES string of the molecule is Cc1ccc(N2C(=O)/C(=C\c3ccc(O)cc3)C(=O)N(c3ccccc3)C2=S)cc1. The molecule has 2 amide bonds. The molecular formula is C24H18N2O3S. The molecular weight excluding hydrogens is 396 g/mol. The Morgan fingerprint density at radius 2 is 1.30 bits per heavy atom. The lowest BCUT2D eigenvalue weighted by atomic mass is 10.0. The van der Waals surface area contributed by atoms with Gasteiger partial charge in [0.25, 0.3) is 11.8 Å². The van der Waals surface area contributed by atoms with Crippen LogP contribution < -0.4 is 9.80 Å². The zero-order valence-corrected chi connectivity index (χ0v) is 17.0. The minimum absolute atomic E-state index is 0.0151. The highest BCUT2D eigenvalue weighted by Crippen LogP contribution is 2.30. The molecule has 1 N–H and O–H groups in total. The fraction of sp³-hybridized carbons (Fsp3) is 0.0417. The van der Waals surface area contributed by atoms with Gasteiger partial charge in [-0.1, -0.05) is 48.0 Å². The van der Waals surface area contributed by atoms with Crippen molar-refractivity contribution in [2.75, 3.05) is 9.80 Å². The number of nitrogens with zero attached hydrogens (tertiary/aromatic N) is 2. The van der Waals surface area contributed by atoms with Crippen LogP contribution in [0.25, 0.3) is 6.08 Å². The molecule has 0 atom stereocenters. The van der Waals surface area contributed by atoms with Crippen LogP contribution in [0.4, 0.5) is 11.4 Å². The van der Waals surface area contributed by atoms with Crippen molar-refractivity contribution in [3.05, 3.63) is 95.6 Å². The van der Waals surface area contributed by atoms with E-state index >= 15 is 0 Å². The van der Waals surface area contributed by atoms with Crippen LogP contribution in [0.1, 0.15) is 11.1 Å². The molecule has 1 heterocycles. The van der Waals surface area contributed by atoms with Gasteiger partial charge in [-0.3, -0.25) is 19.4 Å². The summed E-state index contributed by atoms with van der Waals surface area (Å²) in [5, 5.41) is 9.62. The number of carbonyl (C=O) groups is 2. The van der Waals surface area contributed by atoms with Gasteiger partial charge in [0.15, 0.2) is 5.11 Å². The van der Waals surface area contributed by atoms with Crippen molar-refractivity contribution in [2.45, 2.75) is 6.92 Å². The quantitative estimate of drug-likeness (QED) is 0.391. The van der Waals surface area contributed by atoms with Gasteiger partial charge in [0.2, 0.25) is 0 Å². The molecule has 30 heavy (non-hydrogen) atoms. The van der Waals surface area contributed by atoms with Crippen LogP contribution in [0.2, 0.25) is 0 Å². The standard InChI is InChI=1S/C24H18N2O3S/c1-16-7-11-19(12-8-16)26-23(29)21(15-17-9-13-20(27)14-10-17)22(28)25(24(26)30)18-5-3-2-4-6-18/h2-15,27H,1H3/b21-15-. The fourth-order valence-electron chi connectivity index (χ4n) is 3.19. The van der Waals surface area contributed by atoms with Crippen molar-refractivity contribution < 1.29 is 14.7 Å². The van der Waals surface area contributed by atoms with Crippen LogP contribution in [0.5, 0.6) is 5.75 Å². The molecule has 3 aromatic carbocycles. The van der Waals surface area contributed by atoms with E-state index in [0.717, 1.165) is 5.56 Å². The van der Waals surface area contributed by atoms with E-state index in [2.05, 4.69) is 0 Å². The first-order valence-electron chi connectivity index (χ1n) is 9.31. The molecule has 0 spiro atoms. The molecule has 1 aliphatic heterocycles. The number of rotatable bonds is 3. The predicted molar refractivity (Wildman–Crippen MR) is 121 cm³/mol. The summed E-state index contributed by atoms with van der Waals surface area (Å²) < 4.78 is 0. The van der Waals surface area contributed by atoms with Crippen LogP contribution in [0.15, 0.2) is 84.4 Å². The molecule has 6 heteroatoms. The van der Waals surface area contributed by atoms with Crippen molar-refractivity contribution in [1.82, 2.24) is 0 Å². The first kappa shape index (κ1) is 19.5. The lowest BCUT2D eigenvalue weighted by molar-refractivity contribution is -0.120. The van der Waals surface area contributed by atoms with E-state index in [-0.39, 0.29) is 16.4 Å². The topological polar surface area (TPSA) is 60.9 Å². The number of hydrogen-bond acceptors (Lipinski definition) is 4. The number of phenolic OH excluding ortho intramolecular Hbond substituents is 1. The molecule has 3 aromatic rings. The molecule has 1 saturated heterocycles. The summed E-state index contributed by atoms with van der Waals surface area (Å²) in [6, 6.07) is 22.7. The number of thiocarbonyl (C=S) groups is 1. The molecule has 0 unspecified atom stereocenters. The van der Waals surface area contributed by atoms with Crippen molar-refractivity contribution >= 4 is 46.6 Å². The van der Waals surface area contributed by atoms with Crippen molar-refractivity contribution in [1.29, 1.82) is 0 Å². The van der Waals surface area contributed by atoms with Crippen LogP contribution in [-0.4, -0.2) is 22.0 Å². The molecule has 4 rings (SSSR count). The zero-order chi connectivity index (χ0) is 21.3. The smallest absolute Gasteiger partial charge is 0.270 e. The van der Waals surface area contributed by atoms with Crippen LogP contribution >= 0.6 is 12.2 Å². The Bertz CT molecular complexity index is 1150. The Balaban J connectivity index is 1.86. The van der Waals surface area contributed by atoms with Crippen molar-refractivity contribution in [3.8, 4) is 5.75 Å². The summed E-state index contributed by atoms with van der Waals surface area (Å²) in [7, 11) is 0. The molecule has 0 bridgehead atoms. The maximum atomic E-state index is 13.4. The van der Waals surface area contributed by atoms with Gasteiger partial charge in [0, 0.05) is 0 Å². The summed E-state index contributed by atoms with van der Waals surface area (Å²) in [6.45, 7) is 1.95. The van der Waals surface area contributed by atoms with Gasteiger partial charge in [-0.15, -0.1) is 0 Å². The second kappa shape index (κ2) is 7.93. The first-order valence-corrected chi connectivity index (χ1v) is 9.72. The van der Waals surface area contributed by atoms with Crippen LogP contribution in [-0.2, 0) is 9.59 Å². The van der Waals surface area contributed by atoms with E-state index in [1.165, 1.54) is 28.0 Å². The Morgan fingerprint density at radius 1 is 0.767 bits per heavy atom. The highest BCUT2D eigenvalue weighted by molar-refractivity contribution is 7.81. The number of aromatic hydroxyl groups is 1. The lowest BCUT2D eigenvalue weighted by Crippen LogP contribution is -2.56. The molecule has 1 fully saturated rings. The third-order valence-electron chi connectivity index (χ3n) is 4.76. The molecule has 148 valence electrons. The van der Waals surface area contributed by atoms with E-state index in [1.54, 1.807) is 48.5 Å². The highest BCUT2D eigenvalue weighted by atomic mass is 32.1. The summed E-state index contributed by atoms with van der Waals surface area (Å²) in [6.07, 6.45) is 1.52. The monoisotopic (exact) mass is 414 g/mol. The molecule has 1 aliphatic rings. The highest BCUT2D eigenvalue weighted by Gasteiger charge is 2.41. The summed E-state index contributed by atoms with van der Waals surface area (Å²) in [5.41, 5.74) is 2.81. The van der Waals surface area contributed by atoms with Crippen molar-refractivity contribution in [2.24, 2.45) is 0 Å². The Hall–Kier alpha value is -3.77. The van der Waals surface area contributed by atoms with Gasteiger partial charge < -0.3 is 5.11 Å². The van der Waals surface area contributed by atoms with Gasteiger partial charge in [-0.05, 0) is 67.2 Å². The number of phenols is 1. The third kappa shape index (κ3) is 3.60. The van der Waals surface area contributed by atoms with E-state index in [4.69, 9.17) is 12.2 Å². The molecule has 0 aliphatic carbocycles. The summed E-state index contributed by atoms with van der Waals surface area (Å²) in [4.78, 5) is 29.4. The number of amides is 2. The van der Waals surface area contributed by atoms with Gasteiger partial charge in [0.05, 0.1) is 11.4 Å². The third-order valence-corrected chi connectivity index (χ3v) is 5.13. The van der Waals surface area contributed by atoms with Gasteiger partial charge in [-0.25, -0.2) is 0 Å². The zero-order valence-electron chi connectivity index (χ0n) is 16.1. The normalized spacial score (nSPS) is 15.8. The number of benzene rings is 3. The molecule has 0 saturated carbocycles. The van der Waals surface area contributed by atoms with Gasteiger partial charge in [-0.2, -0.15) is 0 Å². The molecule has 0 radical (unpaired) electrons.